The van der Waals surface area contributed by atoms with Crippen LogP contribution in [0, 0.1) is 11.7 Å². The van der Waals surface area contributed by atoms with Gasteiger partial charge in [0.25, 0.3) is 0 Å². The highest BCUT2D eigenvalue weighted by atomic mass is 19.1. The second-order valence-corrected chi connectivity index (χ2v) is 7.87. The minimum atomic E-state index is -0.236. The normalized spacial score (nSPS) is 26.2. The third-order valence-electron chi connectivity index (χ3n) is 5.61. The van der Waals surface area contributed by atoms with Crippen molar-refractivity contribution in [2.45, 2.75) is 64.1 Å². The number of rotatable bonds is 7. The van der Waals surface area contributed by atoms with Crippen molar-refractivity contribution in [3.63, 3.8) is 0 Å². The van der Waals surface area contributed by atoms with Crippen molar-refractivity contribution in [3.8, 4) is 0 Å². The van der Waals surface area contributed by atoms with E-state index in [1.54, 1.807) is 12.1 Å². The third kappa shape index (κ3) is 5.78. The van der Waals surface area contributed by atoms with Gasteiger partial charge in [-0.3, -0.25) is 9.69 Å². The van der Waals surface area contributed by atoms with Crippen LogP contribution in [0.15, 0.2) is 24.3 Å². The molecule has 0 spiro atoms. The summed E-state index contributed by atoms with van der Waals surface area (Å²) in [6.45, 7) is 4.63. The maximum absolute atomic E-state index is 13.5. The van der Waals surface area contributed by atoms with E-state index < -0.39 is 0 Å². The monoisotopic (exact) mass is 362 g/mol. The SMILES string of the molecule is CC1CCCCC1NC(=O)CN(Cc1cccc(F)c1)CC1CCCO1. The van der Waals surface area contributed by atoms with Gasteiger partial charge in [0.05, 0.1) is 12.6 Å². The summed E-state index contributed by atoms with van der Waals surface area (Å²) in [6, 6.07) is 6.91. The van der Waals surface area contributed by atoms with Crippen LogP contribution in [0.4, 0.5) is 4.39 Å². The topological polar surface area (TPSA) is 41.6 Å². The van der Waals surface area contributed by atoms with Crippen LogP contribution in [0.1, 0.15) is 51.0 Å². The Balaban J connectivity index is 1.59. The highest BCUT2D eigenvalue weighted by Gasteiger charge is 2.25. The van der Waals surface area contributed by atoms with E-state index in [1.165, 1.54) is 25.3 Å². The van der Waals surface area contributed by atoms with E-state index in [1.807, 2.05) is 6.07 Å². The molecule has 26 heavy (non-hydrogen) atoms. The largest absolute Gasteiger partial charge is 0.377 e. The van der Waals surface area contributed by atoms with Gasteiger partial charge < -0.3 is 10.1 Å². The number of ether oxygens (including phenoxy) is 1. The number of carbonyl (C=O) groups is 1. The molecule has 3 atom stereocenters. The zero-order valence-corrected chi connectivity index (χ0v) is 15.8. The Kier molecular flexibility index (Phi) is 7.03. The lowest BCUT2D eigenvalue weighted by Gasteiger charge is -2.31. The standard InChI is InChI=1S/C21H31FN2O2/c1-16-6-2-3-10-20(16)23-21(25)15-24(14-19-9-5-11-26-19)13-17-7-4-8-18(22)12-17/h4,7-8,12,16,19-20H,2-3,5-6,9-11,13-15H2,1H3,(H,23,25). The molecule has 0 bridgehead atoms. The average Bonchev–Trinajstić information content (AvgIpc) is 3.10. The van der Waals surface area contributed by atoms with Crippen LogP contribution in [-0.2, 0) is 16.1 Å². The number of hydrogen-bond donors (Lipinski definition) is 1. The van der Waals surface area contributed by atoms with Gasteiger partial charge in [0.1, 0.15) is 5.82 Å². The Morgan fingerprint density at radius 2 is 2.12 bits per heavy atom. The molecule has 5 heteroatoms. The summed E-state index contributed by atoms with van der Waals surface area (Å²) in [5.41, 5.74) is 0.891. The molecule has 144 valence electrons. The minimum absolute atomic E-state index is 0.0677. The van der Waals surface area contributed by atoms with Gasteiger partial charge in [-0.15, -0.1) is 0 Å². The fourth-order valence-electron chi connectivity index (χ4n) is 4.14. The first kappa shape index (κ1) is 19.3. The summed E-state index contributed by atoms with van der Waals surface area (Å²) in [6.07, 6.45) is 6.99. The number of hydrogen-bond acceptors (Lipinski definition) is 3. The zero-order valence-electron chi connectivity index (χ0n) is 15.8. The fourth-order valence-corrected chi connectivity index (χ4v) is 4.14. The highest BCUT2D eigenvalue weighted by Crippen LogP contribution is 2.23. The van der Waals surface area contributed by atoms with E-state index in [-0.39, 0.29) is 23.9 Å². The smallest absolute Gasteiger partial charge is 0.234 e. The van der Waals surface area contributed by atoms with Gasteiger partial charge in [-0.2, -0.15) is 0 Å². The van der Waals surface area contributed by atoms with Crippen molar-refractivity contribution in [3.05, 3.63) is 35.6 Å². The van der Waals surface area contributed by atoms with E-state index >= 15 is 0 Å². The first-order valence-corrected chi connectivity index (χ1v) is 9.98. The first-order chi connectivity index (χ1) is 12.6. The molecule has 2 aliphatic rings. The molecule has 1 aromatic rings. The third-order valence-corrected chi connectivity index (χ3v) is 5.61. The van der Waals surface area contributed by atoms with Crippen LogP contribution in [-0.4, -0.2) is 42.6 Å². The van der Waals surface area contributed by atoms with Gasteiger partial charge in [-0.05, 0) is 49.3 Å². The van der Waals surface area contributed by atoms with E-state index in [0.717, 1.165) is 31.4 Å². The van der Waals surface area contributed by atoms with Crippen LogP contribution in [0.3, 0.4) is 0 Å². The van der Waals surface area contributed by atoms with Crippen molar-refractivity contribution < 1.29 is 13.9 Å². The number of carbonyl (C=O) groups excluding carboxylic acids is 1. The van der Waals surface area contributed by atoms with E-state index in [4.69, 9.17) is 4.74 Å². The van der Waals surface area contributed by atoms with Gasteiger partial charge in [0.2, 0.25) is 5.91 Å². The summed E-state index contributed by atoms with van der Waals surface area (Å²) in [5.74, 6) is 0.376. The van der Waals surface area contributed by atoms with E-state index in [9.17, 15) is 9.18 Å². The number of nitrogens with zero attached hydrogens (tertiary/aromatic N) is 1. The Labute approximate surface area is 156 Å². The van der Waals surface area contributed by atoms with Crippen LogP contribution in [0.5, 0.6) is 0 Å². The molecule has 1 aromatic carbocycles. The molecule has 1 N–H and O–H groups in total. The van der Waals surface area contributed by atoms with Crippen LogP contribution < -0.4 is 5.32 Å². The van der Waals surface area contributed by atoms with Crippen molar-refractivity contribution >= 4 is 5.91 Å². The first-order valence-electron chi connectivity index (χ1n) is 9.98. The molecule has 0 aromatic heterocycles. The minimum Gasteiger partial charge on any atom is -0.377 e. The molecule has 1 aliphatic heterocycles. The summed E-state index contributed by atoms with van der Waals surface area (Å²) < 4.78 is 19.3. The van der Waals surface area contributed by atoms with E-state index in [2.05, 4.69) is 17.1 Å². The van der Waals surface area contributed by atoms with Crippen LogP contribution >= 0.6 is 0 Å². The molecule has 1 heterocycles. The molecule has 1 saturated heterocycles. The fraction of sp³-hybridized carbons (Fsp3) is 0.667. The van der Waals surface area contributed by atoms with E-state index in [0.29, 0.717) is 25.6 Å². The van der Waals surface area contributed by atoms with Gasteiger partial charge in [-0.1, -0.05) is 31.9 Å². The Hall–Kier alpha value is -1.46. The van der Waals surface area contributed by atoms with Crippen LogP contribution in [0.25, 0.3) is 0 Å². The predicted molar refractivity (Wildman–Crippen MR) is 100 cm³/mol. The van der Waals surface area contributed by atoms with Gasteiger partial charge >= 0.3 is 0 Å². The van der Waals surface area contributed by atoms with Crippen molar-refractivity contribution in [2.24, 2.45) is 5.92 Å². The number of benzene rings is 1. The van der Waals surface area contributed by atoms with Gasteiger partial charge in [0, 0.05) is 25.7 Å². The molecule has 3 rings (SSSR count). The van der Waals surface area contributed by atoms with Crippen molar-refractivity contribution in [1.29, 1.82) is 0 Å². The van der Waals surface area contributed by atoms with Crippen molar-refractivity contribution in [1.82, 2.24) is 10.2 Å². The predicted octanol–water partition coefficient (Wildman–Crippen LogP) is 3.50. The number of halogens is 1. The second kappa shape index (κ2) is 9.47. The lowest BCUT2D eigenvalue weighted by atomic mass is 9.86. The number of nitrogens with one attached hydrogen (secondary N) is 1. The maximum atomic E-state index is 13.5. The quantitative estimate of drug-likeness (QED) is 0.807. The molecular weight excluding hydrogens is 331 g/mol. The van der Waals surface area contributed by atoms with Crippen LogP contribution in [0.2, 0.25) is 0 Å². The average molecular weight is 362 g/mol. The summed E-state index contributed by atoms with van der Waals surface area (Å²) in [7, 11) is 0. The molecule has 1 amide bonds. The van der Waals surface area contributed by atoms with Gasteiger partial charge in [0.15, 0.2) is 0 Å². The lowest BCUT2D eigenvalue weighted by Crippen LogP contribution is -2.46. The van der Waals surface area contributed by atoms with Crippen molar-refractivity contribution in [2.75, 3.05) is 19.7 Å². The highest BCUT2D eigenvalue weighted by molar-refractivity contribution is 5.78. The molecule has 0 radical (unpaired) electrons. The summed E-state index contributed by atoms with van der Waals surface area (Å²) in [4.78, 5) is 14.7. The maximum Gasteiger partial charge on any atom is 0.234 e. The Morgan fingerprint density at radius 1 is 1.27 bits per heavy atom. The zero-order chi connectivity index (χ0) is 18.4. The molecule has 4 nitrogen and oxygen atoms in total. The Bertz CT molecular complexity index is 589. The summed E-state index contributed by atoms with van der Waals surface area (Å²) in [5, 5.41) is 3.23. The molecule has 3 unspecified atom stereocenters. The Morgan fingerprint density at radius 3 is 2.85 bits per heavy atom. The lowest BCUT2D eigenvalue weighted by molar-refractivity contribution is -0.124. The second-order valence-electron chi connectivity index (χ2n) is 7.87. The molecule has 1 aliphatic carbocycles. The van der Waals surface area contributed by atoms with Gasteiger partial charge in [-0.25, -0.2) is 4.39 Å². The molecule has 2 fully saturated rings. The summed E-state index contributed by atoms with van der Waals surface area (Å²) >= 11 is 0. The number of amides is 1. The molecule has 1 saturated carbocycles. The molecular formula is C21H31FN2O2.